The van der Waals surface area contributed by atoms with Crippen molar-refractivity contribution >= 4 is 0 Å². The molecule has 0 fully saturated rings. The molecule has 0 saturated carbocycles. The number of hydrogen-bond acceptors (Lipinski definition) is 0. The maximum atomic E-state index is 4.27. The van der Waals surface area contributed by atoms with Crippen molar-refractivity contribution in [1.82, 2.24) is 0 Å². The Morgan fingerprint density at radius 2 is 1.57 bits per heavy atom. The minimum Gasteiger partial charge on any atom is -0.0996 e. The Kier molecular flexibility index (Phi) is 7.93. The van der Waals surface area contributed by atoms with Crippen LogP contribution in [0.1, 0.15) is 66.2 Å². The molecule has 0 saturated heterocycles. The molecule has 0 heteroatoms. The highest BCUT2D eigenvalue weighted by Crippen LogP contribution is 2.30. The summed E-state index contributed by atoms with van der Waals surface area (Å²) >= 11 is 0. The quantitative estimate of drug-likeness (QED) is 0.468. The van der Waals surface area contributed by atoms with Gasteiger partial charge in [-0.15, -0.1) is 0 Å². The Bertz CT molecular complexity index is 146. The van der Waals surface area contributed by atoms with Crippen LogP contribution < -0.4 is 0 Å². The second-order valence-electron chi connectivity index (χ2n) is 4.57. The Balaban J connectivity index is 4.18. The molecule has 0 aromatic heterocycles. The fourth-order valence-corrected chi connectivity index (χ4v) is 2.37. The minimum atomic E-state index is 0.778. The summed E-state index contributed by atoms with van der Waals surface area (Å²) in [7, 11) is 0. The first-order chi connectivity index (χ1) is 6.67. The van der Waals surface area contributed by atoms with Crippen LogP contribution in [-0.4, -0.2) is 0 Å². The fourth-order valence-electron chi connectivity index (χ4n) is 2.37. The summed E-state index contributed by atoms with van der Waals surface area (Å²) in [4.78, 5) is 0. The van der Waals surface area contributed by atoms with E-state index in [9.17, 15) is 0 Å². The first kappa shape index (κ1) is 13.7. The molecule has 0 aliphatic carbocycles. The molecule has 2 atom stereocenters. The zero-order valence-corrected chi connectivity index (χ0v) is 10.6. The smallest absolute Gasteiger partial charge is 0.0180 e. The molecule has 0 aromatic carbocycles. The molecule has 2 unspecified atom stereocenters. The van der Waals surface area contributed by atoms with Gasteiger partial charge >= 0.3 is 0 Å². The first-order valence-electron chi connectivity index (χ1n) is 6.34. The molecule has 0 radical (unpaired) electrons. The Morgan fingerprint density at radius 1 is 1.00 bits per heavy atom. The predicted octanol–water partition coefficient (Wildman–Crippen LogP) is 5.20. The average molecular weight is 196 g/mol. The van der Waals surface area contributed by atoms with Crippen molar-refractivity contribution in [3.63, 3.8) is 0 Å². The molecule has 0 heterocycles. The Hall–Kier alpha value is -0.260. The van der Waals surface area contributed by atoms with E-state index in [1.165, 1.54) is 44.1 Å². The van der Waals surface area contributed by atoms with Gasteiger partial charge in [-0.05, 0) is 24.7 Å². The van der Waals surface area contributed by atoms with Crippen LogP contribution in [0.3, 0.4) is 0 Å². The highest BCUT2D eigenvalue weighted by Gasteiger charge is 2.17. The summed E-state index contributed by atoms with van der Waals surface area (Å²) in [6.45, 7) is 13.5. The molecular weight excluding hydrogens is 168 g/mol. The van der Waals surface area contributed by atoms with Gasteiger partial charge in [-0.25, -0.2) is 0 Å². The highest BCUT2D eigenvalue weighted by molar-refractivity contribution is 5.01. The third kappa shape index (κ3) is 4.83. The van der Waals surface area contributed by atoms with E-state index in [-0.39, 0.29) is 0 Å². The van der Waals surface area contributed by atoms with Crippen molar-refractivity contribution in [2.24, 2.45) is 11.8 Å². The van der Waals surface area contributed by atoms with Gasteiger partial charge in [0.1, 0.15) is 0 Å². The maximum absolute atomic E-state index is 4.27. The molecule has 0 rings (SSSR count). The zero-order valence-electron chi connectivity index (χ0n) is 10.6. The molecule has 84 valence electrons. The van der Waals surface area contributed by atoms with E-state index in [1.54, 1.807) is 0 Å². The third-order valence-corrected chi connectivity index (χ3v) is 3.13. The van der Waals surface area contributed by atoms with E-state index in [0.29, 0.717) is 0 Å². The van der Waals surface area contributed by atoms with E-state index in [4.69, 9.17) is 0 Å². The predicted molar refractivity (Wildman–Crippen MR) is 66.5 cm³/mol. The second-order valence-corrected chi connectivity index (χ2v) is 4.57. The van der Waals surface area contributed by atoms with Crippen molar-refractivity contribution < 1.29 is 0 Å². The van der Waals surface area contributed by atoms with Crippen LogP contribution in [0.15, 0.2) is 12.2 Å². The van der Waals surface area contributed by atoms with Crippen molar-refractivity contribution in [3.05, 3.63) is 12.2 Å². The Morgan fingerprint density at radius 3 is 2.00 bits per heavy atom. The maximum Gasteiger partial charge on any atom is -0.0180 e. The van der Waals surface area contributed by atoms with Crippen molar-refractivity contribution in [3.8, 4) is 0 Å². The van der Waals surface area contributed by atoms with E-state index >= 15 is 0 Å². The minimum absolute atomic E-state index is 0.778. The van der Waals surface area contributed by atoms with E-state index in [2.05, 4.69) is 34.3 Å². The highest BCUT2D eigenvalue weighted by atomic mass is 14.2. The lowest BCUT2D eigenvalue weighted by molar-refractivity contribution is 0.350. The molecule has 0 aliphatic heterocycles. The van der Waals surface area contributed by atoms with Gasteiger partial charge < -0.3 is 0 Å². The summed E-state index contributed by atoms with van der Waals surface area (Å²) < 4.78 is 0. The summed E-state index contributed by atoms with van der Waals surface area (Å²) in [5.74, 6) is 1.61. The lowest BCUT2D eigenvalue weighted by Gasteiger charge is -2.25. The van der Waals surface area contributed by atoms with Crippen LogP contribution in [0.2, 0.25) is 0 Å². The van der Waals surface area contributed by atoms with Crippen LogP contribution in [0, 0.1) is 11.8 Å². The lowest BCUT2D eigenvalue weighted by Crippen LogP contribution is -2.13. The van der Waals surface area contributed by atoms with Gasteiger partial charge in [0.15, 0.2) is 0 Å². The molecule has 0 spiro atoms. The van der Waals surface area contributed by atoms with Crippen LogP contribution in [0.25, 0.3) is 0 Å². The second kappa shape index (κ2) is 8.08. The van der Waals surface area contributed by atoms with E-state index in [1.807, 2.05) is 0 Å². The molecule has 0 bridgehead atoms. The van der Waals surface area contributed by atoms with Crippen LogP contribution in [0.4, 0.5) is 0 Å². The molecular formula is C14H28. The van der Waals surface area contributed by atoms with Gasteiger partial charge in [-0.1, -0.05) is 65.5 Å². The molecule has 0 aromatic rings. The van der Waals surface area contributed by atoms with Crippen molar-refractivity contribution in [1.29, 1.82) is 0 Å². The first-order valence-corrected chi connectivity index (χ1v) is 6.34. The van der Waals surface area contributed by atoms with Gasteiger partial charge in [-0.2, -0.15) is 0 Å². The number of allylic oxidation sites excluding steroid dienone is 1. The monoisotopic (exact) mass is 196 g/mol. The number of hydrogen-bond donors (Lipinski definition) is 0. The van der Waals surface area contributed by atoms with Crippen LogP contribution >= 0.6 is 0 Å². The normalized spacial score (nSPS) is 15.1. The van der Waals surface area contributed by atoms with Crippen LogP contribution in [0.5, 0.6) is 0 Å². The summed E-state index contributed by atoms with van der Waals surface area (Å²) in [5, 5.41) is 0. The molecule has 0 aliphatic rings. The van der Waals surface area contributed by atoms with Gasteiger partial charge in [0, 0.05) is 0 Å². The molecule has 0 N–H and O–H groups in total. The topological polar surface area (TPSA) is 0 Å². The van der Waals surface area contributed by atoms with Crippen molar-refractivity contribution in [2.45, 2.75) is 66.2 Å². The summed E-state index contributed by atoms with van der Waals surface area (Å²) in [6.07, 6.45) is 7.76. The fraction of sp³-hybridized carbons (Fsp3) is 0.857. The molecule has 14 heavy (non-hydrogen) atoms. The van der Waals surface area contributed by atoms with Gasteiger partial charge in [0.05, 0.1) is 0 Å². The largest absolute Gasteiger partial charge is 0.0996 e. The van der Waals surface area contributed by atoms with Gasteiger partial charge in [0.25, 0.3) is 0 Å². The molecule has 0 nitrogen and oxygen atoms in total. The molecule has 0 amide bonds. The van der Waals surface area contributed by atoms with Gasteiger partial charge in [-0.3, -0.25) is 0 Å². The average Bonchev–Trinajstić information content (AvgIpc) is 2.14. The van der Waals surface area contributed by atoms with E-state index < -0.39 is 0 Å². The van der Waals surface area contributed by atoms with E-state index in [0.717, 1.165) is 11.8 Å². The standard InChI is InChI=1S/C14H28/c1-6-9-12(4)14(11-8-3)13(5)10-7-2/h13-14H,4,6-11H2,1-3,5H3. The van der Waals surface area contributed by atoms with Gasteiger partial charge in [0.2, 0.25) is 0 Å². The lowest BCUT2D eigenvalue weighted by atomic mass is 9.80. The summed E-state index contributed by atoms with van der Waals surface area (Å²) in [5.41, 5.74) is 1.50. The summed E-state index contributed by atoms with van der Waals surface area (Å²) in [6, 6.07) is 0. The van der Waals surface area contributed by atoms with Crippen molar-refractivity contribution in [2.75, 3.05) is 0 Å². The third-order valence-electron chi connectivity index (χ3n) is 3.13. The Labute approximate surface area is 90.8 Å². The zero-order chi connectivity index (χ0) is 11.0. The SMILES string of the molecule is C=C(CCC)C(CCC)C(C)CCC. The van der Waals surface area contributed by atoms with Crippen LogP contribution in [-0.2, 0) is 0 Å². The number of rotatable bonds is 8.